The zero-order valence-corrected chi connectivity index (χ0v) is 8.51. The predicted octanol–water partition coefficient (Wildman–Crippen LogP) is 3.35. The molecule has 2 aromatic rings. The lowest BCUT2D eigenvalue weighted by Crippen LogP contribution is -1.88. The number of benzene rings is 1. The number of hydrogen-bond acceptors (Lipinski definition) is 2. The van der Waals surface area contributed by atoms with E-state index in [1.165, 1.54) is 0 Å². The molecule has 1 heterocycles. The van der Waals surface area contributed by atoms with Crippen molar-refractivity contribution in [2.75, 3.05) is 0 Å². The number of pyridine rings is 1. The van der Waals surface area contributed by atoms with Crippen LogP contribution in [-0.2, 0) is 0 Å². The van der Waals surface area contributed by atoms with Crippen molar-refractivity contribution in [1.29, 1.82) is 0 Å². The number of carbonyl (C=O) groups is 1. The summed E-state index contributed by atoms with van der Waals surface area (Å²) in [5, 5.41) is 1.83. The molecule has 2 nitrogen and oxygen atoms in total. The lowest BCUT2D eigenvalue weighted by atomic mass is 10.2. The standard InChI is InChI=1S/C10H5Cl2NO/c11-8-3-4-9(12)10-7(8)2-1-6(5-14)13-10/h1-5H. The van der Waals surface area contributed by atoms with Crippen LogP contribution in [0.4, 0.5) is 0 Å². The van der Waals surface area contributed by atoms with Crippen LogP contribution in [0.2, 0.25) is 10.0 Å². The summed E-state index contributed by atoms with van der Waals surface area (Å²) in [7, 11) is 0. The molecule has 0 bridgehead atoms. The molecule has 0 spiro atoms. The molecule has 0 fully saturated rings. The summed E-state index contributed by atoms with van der Waals surface area (Å²) in [4.78, 5) is 14.6. The van der Waals surface area contributed by atoms with Crippen LogP contribution >= 0.6 is 23.2 Å². The normalized spacial score (nSPS) is 10.4. The quantitative estimate of drug-likeness (QED) is 0.698. The van der Waals surface area contributed by atoms with E-state index >= 15 is 0 Å². The monoisotopic (exact) mass is 225 g/mol. The molecule has 0 radical (unpaired) electrons. The van der Waals surface area contributed by atoms with Crippen LogP contribution in [0.15, 0.2) is 24.3 Å². The minimum absolute atomic E-state index is 0.349. The van der Waals surface area contributed by atoms with Gasteiger partial charge in [0.05, 0.1) is 15.6 Å². The van der Waals surface area contributed by atoms with E-state index in [4.69, 9.17) is 23.2 Å². The molecule has 0 aliphatic rings. The van der Waals surface area contributed by atoms with Crippen molar-refractivity contribution in [1.82, 2.24) is 4.98 Å². The van der Waals surface area contributed by atoms with E-state index < -0.39 is 0 Å². The highest BCUT2D eigenvalue weighted by atomic mass is 35.5. The van der Waals surface area contributed by atoms with Crippen LogP contribution in [0.5, 0.6) is 0 Å². The van der Waals surface area contributed by atoms with Gasteiger partial charge in [-0.25, -0.2) is 4.98 Å². The molecule has 0 N–H and O–H groups in total. The van der Waals surface area contributed by atoms with Crippen molar-refractivity contribution in [3.8, 4) is 0 Å². The van der Waals surface area contributed by atoms with E-state index in [1.807, 2.05) is 0 Å². The third-order valence-corrected chi connectivity index (χ3v) is 2.53. The number of carbonyl (C=O) groups excluding carboxylic acids is 1. The maximum Gasteiger partial charge on any atom is 0.168 e. The Balaban J connectivity index is 2.86. The van der Waals surface area contributed by atoms with Gasteiger partial charge in [0.1, 0.15) is 5.69 Å². The maximum atomic E-state index is 10.5. The van der Waals surface area contributed by atoms with E-state index in [-0.39, 0.29) is 0 Å². The summed E-state index contributed by atoms with van der Waals surface area (Å²) in [6.07, 6.45) is 0.677. The Morgan fingerprint density at radius 3 is 2.50 bits per heavy atom. The van der Waals surface area contributed by atoms with Gasteiger partial charge in [0.2, 0.25) is 0 Å². The molecule has 2 rings (SSSR count). The van der Waals surface area contributed by atoms with E-state index in [1.54, 1.807) is 24.3 Å². The number of aldehydes is 1. The largest absolute Gasteiger partial charge is 0.296 e. The zero-order chi connectivity index (χ0) is 10.1. The van der Waals surface area contributed by atoms with Crippen molar-refractivity contribution in [3.63, 3.8) is 0 Å². The first kappa shape index (κ1) is 9.44. The van der Waals surface area contributed by atoms with Crippen molar-refractivity contribution in [2.45, 2.75) is 0 Å². The van der Waals surface area contributed by atoms with Gasteiger partial charge in [-0.15, -0.1) is 0 Å². The maximum absolute atomic E-state index is 10.5. The highest BCUT2D eigenvalue weighted by Crippen LogP contribution is 2.27. The van der Waals surface area contributed by atoms with Gasteiger partial charge in [-0.1, -0.05) is 23.2 Å². The zero-order valence-electron chi connectivity index (χ0n) is 7.00. The third-order valence-electron chi connectivity index (χ3n) is 1.90. The minimum Gasteiger partial charge on any atom is -0.296 e. The predicted molar refractivity (Wildman–Crippen MR) is 57.2 cm³/mol. The molecule has 0 amide bonds. The molecular formula is C10H5Cl2NO. The summed E-state index contributed by atoms with van der Waals surface area (Å²) in [5.41, 5.74) is 0.908. The Morgan fingerprint density at radius 1 is 1.07 bits per heavy atom. The summed E-state index contributed by atoms with van der Waals surface area (Å²) in [5.74, 6) is 0. The molecule has 0 saturated heterocycles. The van der Waals surface area contributed by atoms with Gasteiger partial charge in [-0.05, 0) is 24.3 Å². The third kappa shape index (κ3) is 1.47. The van der Waals surface area contributed by atoms with E-state index in [0.717, 1.165) is 5.39 Å². The van der Waals surface area contributed by atoms with Crippen LogP contribution < -0.4 is 0 Å². The van der Waals surface area contributed by atoms with Crippen molar-refractivity contribution in [3.05, 3.63) is 40.0 Å². The van der Waals surface area contributed by atoms with Gasteiger partial charge >= 0.3 is 0 Å². The average Bonchev–Trinajstić information content (AvgIpc) is 2.23. The number of halogens is 2. The number of rotatable bonds is 1. The van der Waals surface area contributed by atoms with Crippen LogP contribution in [0.3, 0.4) is 0 Å². The fourth-order valence-electron chi connectivity index (χ4n) is 1.23. The van der Waals surface area contributed by atoms with Crippen LogP contribution in [0.25, 0.3) is 10.9 Å². The minimum atomic E-state index is 0.349. The molecule has 0 aliphatic heterocycles. The summed E-state index contributed by atoms with van der Waals surface area (Å²) in [6, 6.07) is 6.71. The number of nitrogens with zero attached hydrogens (tertiary/aromatic N) is 1. The van der Waals surface area contributed by atoms with E-state index in [9.17, 15) is 4.79 Å². The Kier molecular flexibility index (Phi) is 2.40. The molecule has 1 aromatic heterocycles. The van der Waals surface area contributed by atoms with Gasteiger partial charge in [0, 0.05) is 5.39 Å². The van der Waals surface area contributed by atoms with Crippen LogP contribution in [0.1, 0.15) is 10.5 Å². The van der Waals surface area contributed by atoms with Gasteiger partial charge in [0.25, 0.3) is 0 Å². The fourth-order valence-corrected chi connectivity index (χ4v) is 1.65. The van der Waals surface area contributed by atoms with Crippen LogP contribution in [0, 0.1) is 0 Å². The van der Waals surface area contributed by atoms with Crippen molar-refractivity contribution in [2.24, 2.45) is 0 Å². The van der Waals surface area contributed by atoms with Crippen molar-refractivity contribution >= 4 is 40.4 Å². The van der Waals surface area contributed by atoms with Gasteiger partial charge in [-0.2, -0.15) is 0 Å². The molecule has 0 atom stereocenters. The second kappa shape index (κ2) is 3.56. The molecule has 0 unspecified atom stereocenters. The highest BCUT2D eigenvalue weighted by Gasteiger charge is 2.05. The number of aromatic nitrogens is 1. The first-order valence-electron chi connectivity index (χ1n) is 3.92. The molecule has 0 aliphatic carbocycles. The smallest absolute Gasteiger partial charge is 0.168 e. The summed E-state index contributed by atoms with van der Waals surface area (Å²) in [6.45, 7) is 0. The second-order valence-corrected chi connectivity index (χ2v) is 3.59. The Hall–Kier alpha value is -1.12. The van der Waals surface area contributed by atoms with Gasteiger partial charge < -0.3 is 0 Å². The van der Waals surface area contributed by atoms with Crippen LogP contribution in [-0.4, -0.2) is 11.3 Å². The lowest BCUT2D eigenvalue weighted by molar-refractivity contribution is 0.111. The average molecular weight is 226 g/mol. The first-order chi connectivity index (χ1) is 6.72. The first-order valence-corrected chi connectivity index (χ1v) is 4.68. The highest BCUT2D eigenvalue weighted by molar-refractivity contribution is 6.39. The van der Waals surface area contributed by atoms with E-state index in [2.05, 4.69) is 4.98 Å². The molecule has 70 valence electrons. The Morgan fingerprint density at radius 2 is 1.79 bits per heavy atom. The van der Waals surface area contributed by atoms with Crippen molar-refractivity contribution < 1.29 is 4.79 Å². The van der Waals surface area contributed by atoms with E-state index in [0.29, 0.717) is 27.5 Å². The number of hydrogen-bond donors (Lipinski definition) is 0. The Labute approximate surface area is 90.5 Å². The summed E-state index contributed by atoms with van der Waals surface area (Å²) < 4.78 is 0. The molecule has 1 aromatic carbocycles. The molecule has 4 heteroatoms. The molecule has 0 saturated carbocycles. The second-order valence-electron chi connectivity index (χ2n) is 2.78. The number of fused-ring (bicyclic) bond motifs is 1. The van der Waals surface area contributed by atoms with Gasteiger partial charge in [-0.3, -0.25) is 4.79 Å². The molecule has 14 heavy (non-hydrogen) atoms. The topological polar surface area (TPSA) is 30.0 Å². The lowest BCUT2D eigenvalue weighted by Gasteiger charge is -2.01. The fraction of sp³-hybridized carbons (Fsp3) is 0. The molecular weight excluding hydrogens is 221 g/mol. The van der Waals surface area contributed by atoms with Gasteiger partial charge in [0.15, 0.2) is 6.29 Å². The SMILES string of the molecule is O=Cc1ccc2c(Cl)ccc(Cl)c2n1. The summed E-state index contributed by atoms with van der Waals surface area (Å²) >= 11 is 11.9. The Bertz CT molecular complexity index is 511.